The molecule has 0 saturated carbocycles. The van der Waals surface area contributed by atoms with E-state index in [0.717, 1.165) is 5.56 Å². The first-order valence-corrected chi connectivity index (χ1v) is 2.54. The van der Waals surface area contributed by atoms with E-state index in [0.29, 0.717) is 0 Å². The van der Waals surface area contributed by atoms with Crippen LogP contribution in [0.5, 0.6) is 0 Å². The van der Waals surface area contributed by atoms with Crippen LogP contribution in [0.15, 0.2) is 12.4 Å². The molecule has 0 aliphatic carbocycles. The van der Waals surface area contributed by atoms with Gasteiger partial charge >= 0.3 is 0 Å². The smallest absolute Gasteiger partial charge is 0.0943 e. The van der Waals surface area contributed by atoms with Crippen LogP contribution in [-0.2, 0) is 7.05 Å². The fourth-order valence-electron chi connectivity index (χ4n) is 0.589. The van der Waals surface area contributed by atoms with Crippen LogP contribution in [0.25, 0.3) is 0 Å². The second-order valence-electron chi connectivity index (χ2n) is 1.72. The molecule has 3 nitrogen and oxygen atoms in total. The van der Waals surface area contributed by atoms with Gasteiger partial charge < -0.3 is 0 Å². The van der Waals surface area contributed by atoms with E-state index in [4.69, 9.17) is 5.26 Å². The maximum Gasteiger partial charge on any atom is 0.0943 e. The van der Waals surface area contributed by atoms with E-state index in [1.807, 2.05) is 13.1 Å². The average molecular weight is 120 g/mol. The van der Waals surface area contributed by atoms with Crippen molar-refractivity contribution in [3.8, 4) is 6.07 Å². The lowest BCUT2D eigenvalue weighted by Gasteiger charge is -1.80. The molecule has 1 radical (unpaired) electrons. The number of nitriles is 1. The summed E-state index contributed by atoms with van der Waals surface area (Å²) >= 11 is 0. The molecule has 3 heteroatoms. The topological polar surface area (TPSA) is 41.6 Å². The minimum Gasteiger partial charge on any atom is -0.275 e. The molecule has 0 spiro atoms. The van der Waals surface area contributed by atoms with Crippen molar-refractivity contribution < 1.29 is 0 Å². The van der Waals surface area contributed by atoms with Crippen molar-refractivity contribution in [2.45, 2.75) is 0 Å². The fourth-order valence-corrected chi connectivity index (χ4v) is 0.589. The Morgan fingerprint density at radius 1 is 1.89 bits per heavy atom. The highest BCUT2D eigenvalue weighted by atomic mass is 15.2. The summed E-state index contributed by atoms with van der Waals surface area (Å²) in [5.41, 5.74) is 0.847. The molecule has 1 rings (SSSR count). The van der Waals surface area contributed by atoms with Crippen molar-refractivity contribution in [3.05, 3.63) is 24.4 Å². The lowest BCUT2D eigenvalue weighted by Crippen LogP contribution is -1.84. The van der Waals surface area contributed by atoms with Gasteiger partial charge in [0.25, 0.3) is 0 Å². The normalized spacial score (nSPS) is 8.89. The zero-order valence-electron chi connectivity index (χ0n) is 5.07. The van der Waals surface area contributed by atoms with Crippen molar-refractivity contribution in [2.75, 3.05) is 0 Å². The van der Waals surface area contributed by atoms with Crippen LogP contribution in [0.1, 0.15) is 5.56 Å². The molecule has 0 amide bonds. The van der Waals surface area contributed by atoms with Crippen LogP contribution in [0, 0.1) is 17.8 Å². The molecule has 1 heterocycles. The number of hydrogen-bond donors (Lipinski definition) is 0. The van der Waals surface area contributed by atoms with Gasteiger partial charge in [0.1, 0.15) is 0 Å². The van der Waals surface area contributed by atoms with E-state index in [9.17, 15) is 0 Å². The largest absolute Gasteiger partial charge is 0.275 e. The van der Waals surface area contributed by atoms with Gasteiger partial charge in [-0.25, -0.2) is 0 Å². The summed E-state index contributed by atoms with van der Waals surface area (Å²) in [4.78, 5) is 0. The molecule has 0 fully saturated rings. The highest BCUT2D eigenvalue weighted by Gasteiger charge is 1.92. The van der Waals surface area contributed by atoms with Crippen molar-refractivity contribution in [1.82, 2.24) is 9.78 Å². The van der Waals surface area contributed by atoms with Crippen LogP contribution >= 0.6 is 0 Å². The third-order valence-corrected chi connectivity index (χ3v) is 0.956. The molecule has 1 aromatic heterocycles. The first-order chi connectivity index (χ1) is 4.33. The second-order valence-corrected chi connectivity index (χ2v) is 1.72. The molecule has 0 bridgehead atoms. The molecule has 0 unspecified atom stereocenters. The van der Waals surface area contributed by atoms with Gasteiger partial charge in [-0.2, -0.15) is 10.4 Å². The predicted molar refractivity (Wildman–Crippen MR) is 32.2 cm³/mol. The van der Waals surface area contributed by atoms with Crippen LogP contribution in [-0.4, -0.2) is 9.78 Å². The fraction of sp³-hybridized carbons (Fsp3) is 0.167. The van der Waals surface area contributed by atoms with Gasteiger partial charge in [0, 0.05) is 18.8 Å². The molecule has 9 heavy (non-hydrogen) atoms. The molecule has 0 N–H and O–H groups in total. The molecule has 45 valence electrons. The maximum atomic E-state index is 8.19. The van der Waals surface area contributed by atoms with Gasteiger partial charge in [-0.15, -0.1) is 0 Å². The highest BCUT2D eigenvalue weighted by Crippen LogP contribution is 1.96. The zero-order chi connectivity index (χ0) is 6.69. The summed E-state index contributed by atoms with van der Waals surface area (Å²) in [5, 5.41) is 12.1. The van der Waals surface area contributed by atoms with E-state index in [1.54, 1.807) is 17.1 Å². The standard InChI is InChI=1S/C6H6N3/c1-9-5-6(2-3-7)4-8-9/h2,4-5H,1H3. The Morgan fingerprint density at radius 2 is 2.67 bits per heavy atom. The minimum absolute atomic E-state index is 0.847. The lowest BCUT2D eigenvalue weighted by molar-refractivity contribution is 0.767. The van der Waals surface area contributed by atoms with Gasteiger partial charge in [-0.1, -0.05) is 0 Å². The van der Waals surface area contributed by atoms with Crippen molar-refractivity contribution in [3.63, 3.8) is 0 Å². The number of aromatic nitrogens is 2. The number of nitrogens with zero attached hydrogens (tertiary/aromatic N) is 3. The van der Waals surface area contributed by atoms with Crippen molar-refractivity contribution in [2.24, 2.45) is 7.05 Å². The maximum absolute atomic E-state index is 8.19. The summed E-state index contributed by atoms with van der Waals surface area (Å²) in [6, 6.07) is 1.92. The summed E-state index contributed by atoms with van der Waals surface area (Å²) in [7, 11) is 1.81. The molecule has 0 atom stereocenters. The highest BCUT2D eigenvalue weighted by molar-refractivity contribution is 5.23. The van der Waals surface area contributed by atoms with Crippen LogP contribution in [0.3, 0.4) is 0 Å². The van der Waals surface area contributed by atoms with Crippen LogP contribution in [0.4, 0.5) is 0 Å². The quantitative estimate of drug-likeness (QED) is 0.541. The van der Waals surface area contributed by atoms with E-state index in [-0.39, 0.29) is 0 Å². The van der Waals surface area contributed by atoms with Gasteiger partial charge in [0.05, 0.1) is 18.7 Å². The summed E-state index contributed by atoms with van der Waals surface area (Å²) in [6.07, 6.45) is 4.87. The van der Waals surface area contributed by atoms with E-state index in [2.05, 4.69) is 5.10 Å². The number of rotatable bonds is 1. The Hall–Kier alpha value is -1.30. The Balaban J connectivity index is 2.76. The molecule has 0 saturated heterocycles. The number of hydrogen-bond acceptors (Lipinski definition) is 2. The van der Waals surface area contributed by atoms with Gasteiger partial charge in [0.15, 0.2) is 0 Å². The van der Waals surface area contributed by atoms with E-state index >= 15 is 0 Å². The Bertz CT molecular complexity index is 231. The first kappa shape index (κ1) is 5.83. The summed E-state index contributed by atoms with van der Waals surface area (Å²) in [6.45, 7) is 0. The van der Waals surface area contributed by atoms with Gasteiger partial charge in [-0.3, -0.25) is 4.68 Å². The zero-order valence-corrected chi connectivity index (χ0v) is 5.07. The third kappa shape index (κ3) is 1.29. The Morgan fingerprint density at radius 3 is 3.11 bits per heavy atom. The monoisotopic (exact) mass is 120 g/mol. The molecular formula is C6H6N3. The summed E-state index contributed by atoms with van der Waals surface area (Å²) in [5.74, 6) is 0. The Kier molecular flexibility index (Phi) is 1.50. The number of aryl methyl sites for hydroxylation is 1. The van der Waals surface area contributed by atoms with Crippen molar-refractivity contribution in [1.29, 1.82) is 5.26 Å². The molecule has 0 aliphatic rings. The van der Waals surface area contributed by atoms with Gasteiger partial charge in [-0.05, 0) is 0 Å². The molecule has 1 aromatic rings. The second kappa shape index (κ2) is 2.31. The molecular weight excluding hydrogens is 114 g/mol. The van der Waals surface area contributed by atoms with Crippen molar-refractivity contribution >= 4 is 0 Å². The van der Waals surface area contributed by atoms with Crippen LogP contribution < -0.4 is 0 Å². The minimum atomic E-state index is 0.847. The van der Waals surface area contributed by atoms with E-state index in [1.165, 1.54) is 6.42 Å². The predicted octanol–water partition coefficient (Wildman–Crippen LogP) is 0.496. The summed E-state index contributed by atoms with van der Waals surface area (Å²) < 4.78 is 1.66. The van der Waals surface area contributed by atoms with E-state index < -0.39 is 0 Å². The SMILES string of the molecule is Cn1cc([CH]C#N)cn1. The van der Waals surface area contributed by atoms with Gasteiger partial charge in [0.2, 0.25) is 0 Å². The first-order valence-electron chi connectivity index (χ1n) is 2.54. The third-order valence-electron chi connectivity index (χ3n) is 0.956. The lowest BCUT2D eigenvalue weighted by atomic mass is 10.3. The molecule has 0 aliphatic heterocycles. The average Bonchev–Trinajstić information content (AvgIpc) is 2.17. The molecule has 0 aromatic carbocycles. The Labute approximate surface area is 53.5 Å². The van der Waals surface area contributed by atoms with Crippen LogP contribution in [0.2, 0.25) is 0 Å².